The molecule has 0 aliphatic carbocycles. The van der Waals surface area contributed by atoms with E-state index in [-0.39, 0.29) is 5.91 Å². The molecule has 0 spiro atoms. The lowest BCUT2D eigenvalue weighted by Crippen LogP contribution is -2.29. The molecule has 94 valence electrons. The molecule has 18 heavy (non-hydrogen) atoms. The molecule has 5 nitrogen and oxygen atoms in total. The number of carbonyl (C=O) groups excluding carboxylic acids is 3. The van der Waals surface area contributed by atoms with Gasteiger partial charge in [-0.3, -0.25) is 14.4 Å². The Morgan fingerprint density at radius 3 is 3.00 bits per heavy atom. The molecule has 0 atom stereocenters. The molecule has 0 radical (unpaired) electrons. The van der Waals surface area contributed by atoms with Gasteiger partial charge in [0.05, 0.1) is 6.42 Å². The van der Waals surface area contributed by atoms with Crippen molar-refractivity contribution < 1.29 is 14.4 Å². The van der Waals surface area contributed by atoms with E-state index in [1.165, 1.54) is 4.90 Å². The number of hydrogen-bond acceptors (Lipinski definition) is 3. The molecular weight excluding hydrogens is 232 g/mol. The van der Waals surface area contributed by atoms with Crippen LogP contribution in [-0.2, 0) is 27.2 Å². The quantitative estimate of drug-likeness (QED) is 0.617. The summed E-state index contributed by atoms with van der Waals surface area (Å²) in [7, 11) is 1.59. The fourth-order valence-corrected chi connectivity index (χ4v) is 1.94. The third-order valence-electron chi connectivity index (χ3n) is 3.01. The Morgan fingerprint density at radius 1 is 1.50 bits per heavy atom. The summed E-state index contributed by atoms with van der Waals surface area (Å²) >= 11 is 0. The lowest BCUT2D eigenvalue weighted by molar-refractivity contribution is -0.137. The van der Waals surface area contributed by atoms with Gasteiger partial charge in [0.1, 0.15) is 0 Å². The summed E-state index contributed by atoms with van der Waals surface area (Å²) < 4.78 is 0. The highest BCUT2D eigenvalue weighted by atomic mass is 16.2. The fraction of sp³-hybridized carbons (Fsp3) is 0.308. The van der Waals surface area contributed by atoms with Gasteiger partial charge in [0.25, 0.3) is 5.91 Å². The van der Waals surface area contributed by atoms with Crippen molar-refractivity contribution in [2.24, 2.45) is 0 Å². The summed E-state index contributed by atoms with van der Waals surface area (Å²) in [6.07, 6.45) is 1.38. The third-order valence-corrected chi connectivity index (χ3v) is 3.01. The van der Waals surface area contributed by atoms with E-state index in [4.69, 9.17) is 0 Å². The van der Waals surface area contributed by atoms with Gasteiger partial charge in [-0.15, -0.1) is 0 Å². The van der Waals surface area contributed by atoms with Crippen molar-refractivity contribution in [3.8, 4) is 0 Å². The summed E-state index contributed by atoms with van der Waals surface area (Å²) in [4.78, 5) is 34.0. The lowest BCUT2D eigenvalue weighted by atomic mass is 10.1. The van der Waals surface area contributed by atoms with E-state index in [1.807, 2.05) is 18.2 Å². The number of rotatable bonds is 4. The summed E-state index contributed by atoms with van der Waals surface area (Å²) in [5.41, 5.74) is 2.90. The molecular formula is C13H14N2O3. The Labute approximate surface area is 105 Å². The second-order valence-corrected chi connectivity index (χ2v) is 4.34. The normalized spacial score (nSPS) is 12.8. The fourth-order valence-electron chi connectivity index (χ4n) is 1.94. The van der Waals surface area contributed by atoms with Gasteiger partial charge >= 0.3 is 0 Å². The molecule has 0 aromatic heterocycles. The highest BCUT2D eigenvalue weighted by Gasteiger charge is 2.17. The van der Waals surface area contributed by atoms with Crippen LogP contribution >= 0.6 is 0 Å². The van der Waals surface area contributed by atoms with Crippen LogP contribution in [-0.4, -0.2) is 36.6 Å². The Hall–Kier alpha value is -2.17. The maximum Gasteiger partial charge on any atom is 0.286 e. The van der Waals surface area contributed by atoms with Crippen molar-refractivity contribution in [1.82, 2.24) is 4.90 Å². The number of nitrogens with one attached hydrogen (secondary N) is 1. The Balaban J connectivity index is 1.99. The molecule has 1 aromatic rings. The van der Waals surface area contributed by atoms with Crippen LogP contribution in [0.15, 0.2) is 18.2 Å². The van der Waals surface area contributed by atoms with Crippen LogP contribution in [0.5, 0.6) is 0 Å². The van der Waals surface area contributed by atoms with Crippen LogP contribution in [0.1, 0.15) is 11.1 Å². The van der Waals surface area contributed by atoms with Crippen LogP contribution < -0.4 is 5.32 Å². The monoisotopic (exact) mass is 246 g/mol. The van der Waals surface area contributed by atoms with Gasteiger partial charge in [0, 0.05) is 19.3 Å². The third kappa shape index (κ3) is 2.56. The highest BCUT2D eigenvalue weighted by molar-refractivity contribution is 6.23. The van der Waals surface area contributed by atoms with E-state index in [0.29, 0.717) is 25.7 Å². The first kappa shape index (κ1) is 12.3. The van der Waals surface area contributed by atoms with Gasteiger partial charge in [-0.25, -0.2) is 0 Å². The molecule has 0 bridgehead atoms. The molecule has 0 unspecified atom stereocenters. The molecule has 1 N–H and O–H groups in total. The predicted molar refractivity (Wildman–Crippen MR) is 66.2 cm³/mol. The first-order valence-electron chi connectivity index (χ1n) is 5.72. The molecule has 1 heterocycles. The maximum absolute atomic E-state index is 11.2. The van der Waals surface area contributed by atoms with Gasteiger partial charge in [-0.2, -0.15) is 0 Å². The number of amides is 2. The number of nitrogens with zero attached hydrogens (tertiary/aromatic N) is 1. The number of benzene rings is 1. The molecule has 0 saturated carbocycles. The second-order valence-electron chi connectivity index (χ2n) is 4.34. The van der Waals surface area contributed by atoms with Gasteiger partial charge in [0.15, 0.2) is 0 Å². The minimum absolute atomic E-state index is 0.00963. The summed E-state index contributed by atoms with van der Waals surface area (Å²) in [6.45, 7) is 0.484. The summed E-state index contributed by atoms with van der Waals surface area (Å²) in [6, 6.07) is 5.76. The van der Waals surface area contributed by atoms with Crippen LogP contribution in [0.2, 0.25) is 0 Å². The van der Waals surface area contributed by atoms with Crippen molar-refractivity contribution in [2.45, 2.75) is 12.8 Å². The molecule has 2 rings (SSSR count). The first-order chi connectivity index (χ1) is 8.60. The average molecular weight is 246 g/mol. The van der Waals surface area contributed by atoms with E-state index in [0.717, 1.165) is 16.8 Å². The topological polar surface area (TPSA) is 66.5 Å². The first-order valence-corrected chi connectivity index (χ1v) is 5.72. The molecule has 1 aromatic carbocycles. The van der Waals surface area contributed by atoms with Crippen LogP contribution in [0, 0.1) is 0 Å². The van der Waals surface area contributed by atoms with Crippen molar-refractivity contribution >= 4 is 23.8 Å². The minimum Gasteiger partial charge on any atom is -0.339 e. The van der Waals surface area contributed by atoms with Crippen molar-refractivity contribution in [1.29, 1.82) is 0 Å². The minimum atomic E-state index is -0.520. The zero-order valence-electron chi connectivity index (χ0n) is 10.1. The number of hydrogen-bond donors (Lipinski definition) is 1. The van der Waals surface area contributed by atoms with Crippen LogP contribution in [0.4, 0.5) is 5.69 Å². The van der Waals surface area contributed by atoms with E-state index in [9.17, 15) is 14.4 Å². The second kappa shape index (κ2) is 5.00. The summed E-state index contributed by atoms with van der Waals surface area (Å²) in [5, 5.41) is 2.77. The standard InChI is InChI=1S/C13H14N2O3/c1-15(13(18)8-16)5-4-9-2-3-11-10(6-9)7-12(17)14-11/h2-3,6,8H,4-5,7H2,1H3,(H,14,17). The van der Waals surface area contributed by atoms with Gasteiger partial charge in [0.2, 0.25) is 12.2 Å². The largest absolute Gasteiger partial charge is 0.339 e. The Bertz CT molecular complexity index is 511. The molecule has 1 aliphatic rings. The molecule has 5 heteroatoms. The number of fused-ring (bicyclic) bond motifs is 1. The van der Waals surface area contributed by atoms with Crippen molar-refractivity contribution in [3.63, 3.8) is 0 Å². The van der Waals surface area contributed by atoms with E-state index in [2.05, 4.69) is 5.32 Å². The molecule has 0 fully saturated rings. The summed E-state index contributed by atoms with van der Waals surface area (Å²) in [5.74, 6) is -0.511. The average Bonchev–Trinajstić information content (AvgIpc) is 2.74. The maximum atomic E-state index is 11.2. The van der Waals surface area contributed by atoms with Gasteiger partial charge < -0.3 is 10.2 Å². The van der Waals surface area contributed by atoms with E-state index >= 15 is 0 Å². The zero-order chi connectivity index (χ0) is 13.1. The predicted octanol–water partition coefficient (Wildman–Crippen LogP) is 0.381. The van der Waals surface area contributed by atoms with Crippen LogP contribution in [0.25, 0.3) is 0 Å². The van der Waals surface area contributed by atoms with Gasteiger partial charge in [-0.1, -0.05) is 12.1 Å². The lowest BCUT2D eigenvalue weighted by Gasteiger charge is -2.13. The van der Waals surface area contributed by atoms with Crippen LogP contribution in [0.3, 0.4) is 0 Å². The molecule has 2 amide bonds. The number of anilines is 1. The smallest absolute Gasteiger partial charge is 0.286 e. The Kier molecular flexibility index (Phi) is 3.41. The number of aldehydes is 1. The molecule has 0 saturated heterocycles. The van der Waals surface area contributed by atoms with E-state index < -0.39 is 5.91 Å². The Morgan fingerprint density at radius 2 is 2.28 bits per heavy atom. The van der Waals surface area contributed by atoms with E-state index in [1.54, 1.807) is 7.05 Å². The number of carbonyl (C=O) groups is 3. The highest BCUT2D eigenvalue weighted by Crippen LogP contribution is 2.23. The van der Waals surface area contributed by atoms with Crippen molar-refractivity contribution in [3.05, 3.63) is 29.3 Å². The zero-order valence-corrected chi connectivity index (χ0v) is 10.1. The number of likely N-dealkylation sites (N-methyl/N-ethyl adjacent to an activating group) is 1. The SMILES string of the molecule is CN(CCc1ccc2c(c1)CC(=O)N2)C(=O)C=O. The molecule has 1 aliphatic heterocycles. The van der Waals surface area contributed by atoms with Crippen molar-refractivity contribution in [2.75, 3.05) is 18.9 Å². The van der Waals surface area contributed by atoms with Gasteiger partial charge in [-0.05, 0) is 23.6 Å².